The number of ketones is 1. The Morgan fingerprint density at radius 3 is 1.98 bits per heavy atom. The lowest BCUT2D eigenvalue weighted by Gasteiger charge is -2.41. The molecule has 1 aliphatic carbocycles. The van der Waals surface area contributed by atoms with Crippen LogP contribution in [0.25, 0.3) is 11.0 Å². The lowest BCUT2D eigenvalue weighted by molar-refractivity contribution is 0.0990. The summed E-state index contributed by atoms with van der Waals surface area (Å²) in [7, 11) is 0. The molecule has 0 radical (unpaired) electrons. The number of piperazine rings is 2. The summed E-state index contributed by atoms with van der Waals surface area (Å²) in [4.78, 5) is 65.3. The zero-order valence-corrected chi connectivity index (χ0v) is 32.8. The molecule has 2 N–H and O–H groups in total. The van der Waals surface area contributed by atoms with Crippen molar-refractivity contribution < 1.29 is 9.59 Å². The van der Waals surface area contributed by atoms with Crippen LogP contribution in [0.3, 0.4) is 0 Å². The number of amides is 2. The number of aromatic nitrogens is 4. The molecular weight excluding hydrogens is 695 g/mol. The second-order valence-electron chi connectivity index (χ2n) is 16.6. The van der Waals surface area contributed by atoms with Crippen molar-refractivity contribution in [2.45, 2.75) is 71.3 Å². The van der Waals surface area contributed by atoms with Gasteiger partial charge in [0, 0.05) is 109 Å². The lowest BCUT2D eigenvalue weighted by atomic mass is 9.95. The number of rotatable bonds is 9. The van der Waals surface area contributed by atoms with Crippen molar-refractivity contribution in [1.29, 1.82) is 0 Å². The average Bonchev–Trinajstić information content (AvgIpc) is 3.74. The predicted octanol–water partition coefficient (Wildman–Crippen LogP) is 4.13. The van der Waals surface area contributed by atoms with Crippen molar-refractivity contribution in [2.75, 3.05) is 102 Å². The van der Waals surface area contributed by atoms with Gasteiger partial charge in [-0.2, -0.15) is 4.98 Å². The number of urea groups is 1. The highest BCUT2D eigenvalue weighted by molar-refractivity contribution is 5.99. The zero-order valence-electron chi connectivity index (χ0n) is 32.8. The second-order valence-corrected chi connectivity index (χ2v) is 16.6. The summed E-state index contributed by atoms with van der Waals surface area (Å²) in [5.74, 6) is 2.14. The smallest absolute Gasteiger partial charge is 0.319 e. The number of hydrogen-bond donors (Lipinski definition) is 2. The maximum atomic E-state index is 13.6. The van der Waals surface area contributed by atoms with Gasteiger partial charge >= 0.3 is 6.03 Å². The van der Waals surface area contributed by atoms with Crippen LogP contribution in [0, 0.1) is 18.8 Å². The van der Waals surface area contributed by atoms with Crippen LogP contribution in [-0.4, -0.2) is 143 Å². The highest BCUT2D eigenvalue weighted by Gasteiger charge is 2.31. The van der Waals surface area contributed by atoms with Crippen LogP contribution >= 0.6 is 0 Å². The van der Waals surface area contributed by atoms with Crippen molar-refractivity contribution in [1.82, 2.24) is 44.4 Å². The van der Waals surface area contributed by atoms with Crippen LogP contribution in [-0.2, 0) is 0 Å². The van der Waals surface area contributed by atoms with Gasteiger partial charge in [-0.15, -0.1) is 0 Å². The maximum Gasteiger partial charge on any atom is 0.319 e. The van der Waals surface area contributed by atoms with Crippen molar-refractivity contribution >= 4 is 40.3 Å². The number of piperidine rings is 2. The molecule has 4 saturated heterocycles. The summed E-state index contributed by atoms with van der Waals surface area (Å²) in [5.41, 5.74) is 2.27. The van der Waals surface area contributed by atoms with Crippen LogP contribution in [0.4, 0.5) is 22.2 Å². The van der Waals surface area contributed by atoms with Gasteiger partial charge in [0.25, 0.3) is 5.56 Å². The molecule has 0 aromatic carbocycles. The van der Waals surface area contributed by atoms with Gasteiger partial charge in [-0.25, -0.2) is 14.8 Å². The van der Waals surface area contributed by atoms with Gasteiger partial charge in [-0.3, -0.25) is 19.1 Å². The fourth-order valence-corrected chi connectivity index (χ4v) is 9.70. The first-order valence-electron chi connectivity index (χ1n) is 20.9. The summed E-state index contributed by atoms with van der Waals surface area (Å²) in [6, 6.07) is 4.33. The lowest BCUT2D eigenvalue weighted by Crippen LogP contribution is -2.52. The van der Waals surface area contributed by atoms with Crippen molar-refractivity contribution in [3.8, 4) is 0 Å². The molecule has 0 unspecified atom stereocenters. The number of aryl methyl sites for hydroxylation is 1. The molecule has 14 heteroatoms. The third kappa shape index (κ3) is 8.51. The van der Waals surface area contributed by atoms with E-state index in [2.05, 4.69) is 46.2 Å². The zero-order chi connectivity index (χ0) is 37.9. The summed E-state index contributed by atoms with van der Waals surface area (Å²) in [6.07, 6.45) is 12.0. The fraction of sp³-hybridized carbons (Fsp3) is 0.659. The number of carbonyl (C=O) groups excluding carboxylic acids is 2. The quantitative estimate of drug-likeness (QED) is 0.306. The van der Waals surface area contributed by atoms with E-state index in [0.717, 1.165) is 153 Å². The molecule has 55 heavy (non-hydrogen) atoms. The number of Topliss-reactive ketones (excluding diaryl/α,β-unsaturated/α-hetero) is 1. The van der Waals surface area contributed by atoms with E-state index >= 15 is 0 Å². The third-order valence-corrected chi connectivity index (χ3v) is 13.0. The molecule has 8 rings (SSSR count). The molecule has 5 aliphatic rings. The first-order valence-corrected chi connectivity index (χ1v) is 20.9. The van der Waals surface area contributed by atoms with Gasteiger partial charge in [-0.1, -0.05) is 12.8 Å². The molecule has 7 heterocycles. The molecule has 5 fully saturated rings. The van der Waals surface area contributed by atoms with Crippen LogP contribution < -0.4 is 21.1 Å². The van der Waals surface area contributed by atoms with Crippen LogP contribution in [0.1, 0.15) is 80.3 Å². The average molecular weight is 754 g/mol. The largest absolute Gasteiger partial charge is 0.368 e. The molecule has 296 valence electrons. The third-order valence-electron chi connectivity index (χ3n) is 13.0. The summed E-state index contributed by atoms with van der Waals surface area (Å²) < 4.78 is 1.74. The molecule has 4 aliphatic heterocycles. The van der Waals surface area contributed by atoms with E-state index in [0.29, 0.717) is 28.9 Å². The van der Waals surface area contributed by atoms with Crippen LogP contribution in [0.15, 0.2) is 29.3 Å². The Hall–Kier alpha value is -4.14. The van der Waals surface area contributed by atoms with Gasteiger partial charge in [-0.05, 0) is 81.9 Å². The van der Waals surface area contributed by atoms with Gasteiger partial charge in [0.05, 0.1) is 17.4 Å². The first kappa shape index (κ1) is 37.8. The molecule has 3 aromatic heterocycles. The van der Waals surface area contributed by atoms with Crippen molar-refractivity contribution in [3.05, 3.63) is 46.0 Å². The van der Waals surface area contributed by atoms with Gasteiger partial charge in [0.1, 0.15) is 11.5 Å². The molecule has 3 aromatic rings. The SMILES string of the molecule is CC(=O)c1c(C)c2cnc(Nc3ccc(N4CCN(CC5CCN(C(=O)N6CCC(CN7CCNCC7)CC6)CC5)CC4)cn3)nc2n(C2CCCC2)c1=O. The van der Waals surface area contributed by atoms with E-state index in [-0.39, 0.29) is 29.0 Å². The Bertz CT molecular complexity index is 1860. The number of fused-ring (bicyclic) bond motifs is 1. The summed E-state index contributed by atoms with van der Waals surface area (Å²) in [5, 5.41) is 7.42. The number of carbonyl (C=O) groups is 2. The van der Waals surface area contributed by atoms with E-state index < -0.39 is 0 Å². The summed E-state index contributed by atoms with van der Waals surface area (Å²) in [6.45, 7) is 17.5. The molecule has 14 nitrogen and oxygen atoms in total. The Balaban J connectivity index is 0.795. The monoisotopic (exact) mass is 753 g/mol. The van der Waals surface area contributed by atoms with E-state index in [1.54, 1.807) is 10.8 Å². The highest BCUT2D eigenvalue weighted by atomic mass is 16.2. The van der Waals surface area contributed by atoms with Gasteiger partial charge in [0.15, 0.2) is 5.78 Å². The van der Waals surface area contributed by atoms with Gasteiger partial charge < -0.3 is 30.2 Å². The standard InChI is InChI=1S/C41H59N11O3/c1-29-35-26-44-40(46-38(35)52(33-5-3-4-6-33)39(54)37(29)30(2)53)45-36-8-7-34(25-43-36)49-23-21-48(22-24-49)28-32-11-17-51(18-12-32)41(55)50-15-9-31(10-16-50)27-47-19-13-42-14-20-47/h7-8,25-26,31-33,42H,3-6,9-24,27-28H2,1-2H3,(H,43,44,45,46). The van der Waals surface area contributed by atoms with Crippen LogP contribution in [0.5, 0.6) is 0 Å². The molecule has 2 amide bonds. The summed E-state index contributed by atoms with van der Waals surface area (Å²) >= 11 is 0. The Labute approximate surface area is 324 Å². The number of likely N-dealkylation sites (tertiary alicyclic amines) is 2. The number of hydrogen-bond acceptors (Lipinski definition) is 11. The minimum absolute atomic E-state index is 0.0313. The van der Waals surface area contributed by atoms with E-state index in [9.17, 15) is 14.4 Å². The predicted molar refractivity (Wildman–Crippen MR) is 216 cm³/mol. The molecule has 0 spiro atoms. The Morgan fingerprint density at radius 1 is 0.782 bits per heavy atom. The van der Waals surface area contributed by atoms with E-state index in [4.69, 9.17) is 9.97 Å². The highest BCUT2D eigenvalue weighted by Crippen LogP contribution is 2.32. The van der Waals surface area contributed by atoms with Crippen molar-refractivity contribution in [3.63, 3.8) is 0 Å². The Kier molecular flexibility index (Phi) is 11.6. The topological polar surface area (TPSA) is 135 Å². The van der Waals surface area contributed by atoms with E-state index in [1.165, 1.54) is 13.5 Å². The normalized spacial score (nSPS) is 21.5. The number of nitrogens with one attached hydrogen (secondary N) is 2. The fourth-order valence-electron chi connectivity index (χ4n) is 9.70. The second kappa shape index (κ2) is 16.9. The molecular formula is C41H59N11O3. The van der Waals surface area contributed by atoms with Gasteiger partial charge in [0.2, 0.25) is 5.95 Å². The van der Waals surface area contributed by atoms with Crippen LogP contribution in [0.2, 0.25) is 0 Å². The number of pyridine rings is 2. The maximum absolute atomic E-state index is 13.6. The number of nitrogens with zero attached hydrogens (tertiary/aromatic N) is 9. The first-order chi connectivity index (χ1) is 26.8. The minimum atomic E-state index is -0.253. The molecule has 1 saturated carbocycles. The molecule has 0 bridgehead atoms. The minimum Gasteiger partial charge on any atom is -0.368 e. The Morgan fingerprint density at radius 2 is 1.40 bits per heavy atom. The van der Waals surface area contributed by atoms with Crippen molar-refractivity contribution in [2.24, 2.45) is 11.8 Å². The number of anilines is 3. The van der Waals surface area contributed by atoms with E-state index in [1.807, 2.05) is 19.2 Å². The molecule has 0 atom stereocenters.